The minimum atomic E-state index is -0.538. The van der Waals surface area contributed by atoms with Crippen molar-refractivity contribution in [3.63, 3.8) is 0 Å². The number of ether oxygens (including phenoxy) is 1. The summed E-state index contributed by atoms with van der Waals surface area (Å²) in [5, 5.41) is 0.591. The highest BCUT2D eigenvalue weighted by Crippen LogP contribution is 2.25. The molecule has 1 fully saturated rings. The largest absolute Gasteiger partial charge is 0.462 e. The molecule has 0 radical (unpaired) electrons. The maximum Gasteiger partial charge on any atom is 0.343 e. The van der Waals surface area contributed by atoms with Crippen molar-refractivity contribution in [3.8, 4) is 0 Å². The van der Waals surface area contributed by atoms with E-state index in [0.29, 0.717) is 5.39 Å². The Hall–Kier alpha value is -2.14. The molecule has 0 bridgehead atoms. The predicted octanol–water partition coefficient (Wildman–Crippen LogP) is 2.75. The zero-order valence-electron chi connectivity index (χ0n) is 14.5. The molecular formula is C19H24N2O3. The second-order valence-corrected chi connectivity index (χ2v) is 6.58. The Morgan fingerprint density at radius 1 is 1.38 bits per heavy atom. The predicted molar refractivity (Wildman–Crippen MR) is 94.7 cm³/mol. The van der Waals surface area contributed by atoms with Gasteiger partial charge < -0.3 is 14.2 Å². The number of fused-ring (bicyclic) bond motifs is 1. The highest BCUT2D eigenvalue weighted by molar-refractivity contribution is 5.94. The van der Waals surface area contributed by atoms with Crippen molar-refractivity contribution in [1.29, 1.82) is 0 Å². The summed E-state index contributed by atoms with van der Waals surface area (Å²) in [5.41, 5.74) is 1.78. The van der Waals surface area contributed by atoms with E-state index in [9.17, 15) is 9.59 Å². The molecule has 24 heavy (non-hydrogen) atoms. The van der Waals surface area contributed by atoms with Crippen LogP contribution >= 0.6 is 0 Å². The van der Waals surface area contributed by atoms with Gasteiger partial charge in [0.05, 0.1) is 12.1 Å². The number of benzene rings is 1. The molecule has 1 aromatic heterocycles. The molecular weight excluding hydrogens is 304 g/mol. The molecule has 0 aliphatic carbocycles. The van der Waals surface area contributed by atoms with Gasteiger partial charge in [-0.2, -0.15) is 0 Å². The number of esters is 1. The van der Waals surface area contributed by atoms with Crippen LogP contribution in [-0.4, -0.2) is 42.2 Å². The number of carbonyl (C=O) groups excluding carboxylic acids is 1. The molecule has 1 unspecified atom stereocenters. The SMILES string of the molecule is CCOC(=O)c1cn(C2CCCN(C)C2)c2ccc(C)cc2c1=O. The number of aryl methyl sites for hydroxylation is 1. The molecule has 3 rings (SSSR count). The van der Waals surface area contributed by atoms with E-state index in [1.807, 2.05) is 25.1 Å². The summed E-state index contributed by atoms with van der Waals surface area (Å²) in [5.74, 6) is -0.538. The summed E-state index contributed by atoms with van der Waals surface area (Å²) in [6.45, 7) is 5.95. The molecule has 0 amide bonds. The average Bonchev–Trinajstić information content (AvgIpc) is 2.55. The van der Waals surface area contributed by atoms with Gasteiger partial charge in [0, 0.05) is 24.2 Å². The number of aromatic nitrogens is 1. The third-order valence-electron chi connectivity index (χ3n) is 4.68. The third kappa shape index (κ3) is 3.08. The second-order valence-electron chi connectivity index (χ2n) is 6.58. The van der Waals surface area contributed by atoms with Crippen LogP contribution in [0.3, 0.4) is 0 Å². The van der Waals surface area contributed by atoms with Gasteiger partial charge in [0.25, 0.3) is 0 Å². The quantitative estimate of drug-likeness (QED) is 0.813. The standard InChI is InChI=1S/C19H24N2O3/c1-4-24-19(23)16-12-21(14-6-5-9-20(3)11-14)17-8-7-13(2)10-15(17)18(16)22/h7-8,10,12,14H,4-6,9,11H2,1-3H3. The van der Waals surface area contributed by atoms with Gasteiger partial charge in [0.1, 0.15) is 5.56 Å². The molecule has 1 aromatic carbocycles. The molecule has 1 saturated heterocycles. The number of pyridine rings is 1. The minimum absolute atomic E-state index is 0.128. The van der Waals surface area contributed by atoms with E-state index in [4.69, 9.17) is 4.74 Å². The lowest BCUT2D eigenvalue weighted by Gasteiger charge is -2.32. The molecule has 128 valence electrons. The minimum Gasteiger partial charge on any atom is -0.462 e. The van der Waals surface area contributed by atoms with Crippen molar-refractivity contribution in [2.24, 2.45) is 0 Å². The topological polar surface area (TPSA) is 51.5 Å². The van der Waals surface area contributed by atoms with Gasteiger partial charge in [0.2, 0.25) is 5.43 Å². The van der Waals surface area contributed by atoms with Crippen LogP contribution in [0.1, 0.15) is 41.7 Å². The Kier molecular flexibility index (Phi) is 4.71. The van der Waals surface area contributed by atoms with Crippen LogP contribution in [0.2, 0.25) is 0 Å². The van der Waals surface area contributed by atoms with E-state index in [0.717, 1.165) is 37.0 Å². The fourth-order valence-corrected chi connectivity index (χ4v) is 3.49. The molecule has 1 aliphatic rings. The van der Waals surface area contributed by atoms with Crippen LogP contribution < -0.4 is 5.43 Å². The van der Waals surface area contributed by atoms with Crippen molar-refractivity contribution in [1.82, 2.24) is 9.47 Å². The zero-order chi connectivity index (χ0) is 17.3. The molecule has 0 saturated carbocycles. The number of likely N-dealkylation sites (N-methyl/N-ethyl adjacent to an activating group) is 1. The summed E-state index contributed by atoms with van der Waals surface area (Å²) in [6.07, 6.45) is 3.84. The maximum atomic E-state index is 12.8. The van der Waals surface area contributed by atoms with Gasteiger partial charge in [-0.15, -0.1) is 0 Å². The zero-order valence-corrected chi connectivity index (χ0v) is 14.5. The molecule has 5 nitrogen and oxygen atoms in total. The number of likely N-dealkylation sites (tertiary alicyclic amines) is 1. The summed E-state index contributed by atoms with van der Waals surface area (Å²) in [7, 11) is 2.10. The summed E-state index contributed by atoms with van der Waals surface area (Å²) < 4.78 is 7.18. The van der Waals surface area contributed by atoms with E-state index >= 15 is 0 Å². The van der Waals surface area contributed by atoms with Crippen LogP contribution in [0.4, 0.5) is 0 Å². The smallest absolute Gasteiger partial charge is 0.343 e. The van der Waals surface area contributed by atoms with Crippen LogP contribution in [0.15, 0.2) is 29.2 Å². The first-order valence-electron chi connectivity index (χ1n) is 8.52. The maximum absolute atomic E-state index is 12.8. The van der Waals surface area contributed by atoms with Gasteiger partial charge in [0.15, 0.2) is 0 Å². The fraction of sp³-hybridized carbons (Fsp3) is 0.474. The molecule has 1 atom stereocenters. The van der Waals surface area contributed by atoms with E-state index in [-0.39, 0.29) is 23.6 Å². The monoisotopic (exact) mass is 328 g/mol. The van der Waals surface area contributed by atoms with Crippen molar-refractivity contribution >= 4 is 16.9 Å². The molecule has 0 spiro atoms. The fourth-order valence-electron chi connectivity index (χ4n) is 3.49. The first-order valence-corrected chi connectivity index (χ1v) is 8.52. The van der Waals surface area contributed by atoms with Crippen LogP contribution in [0.5, 0.6) is 0 Å². The Balaban J connectivity index is 2.21. The Morgan fingerprint density at radius 2 is 2.17 bits per heavy atom. The van der Waals surface area contributed by atoms with Crippen molar-refractivity contribution in [2.75, 3.05) is 26.7 Å². The Morgan fingerprint density at radius 3 is 2.88 bits per heavy atom. The summed E-state index contributed by atoms with van der Waals surface area (Å²) in [6, 6.07) is 6.11. The number of carbonyl (C=O) groups is 1. The Labute approximate surface area is 141 Å². The van der Waals surface area contributed by atoms with Gasteiger partial charge in [-0.05, 0) is 52.4 Å². The summed E-state index contributed by atoms with van der Waals surface area (Å²) >= 11 is 0. The van der Waals surface area contributed by atoms with Gasteiger partial charge in [-0.3, -0.25) is 4.79 Å². The lowest BCUT2D eigenvalue weighted by molar-refractivity contribution is 0.0523. The first kappa shape index (κ1) is 16.7. The summed E-state index contributed by atoms with van der Waals surface area (Å²) in [4.78, 5) is 27.3. The number of piperidine rings is 1. The highest BCUT2D eigenvalue weighted by Gasteiger charge is 2.23. The third-order valence-corrected chi connectivity index (χ3v) is 4.68. The van der Waals surface area contributed by atoms with Crippen LogP contribution in [0.25, 0.3) is 10.9 Å². The van der Waals surface area contributed by atoms with Crippen molar-refractivity contribution in [3.05, 3.63) is 45.7 Å². The average molecular weight is 328 g/mol. The second kappa shape index (κ2) is 6.77. The molecule has 2 heterocycles. The van der Waals surface area contributed by atoms with E-state index in [1.165, 1.54) is 0 Å². The van der Waals surface area contributed by atoms with Crippen LogP contribution in [-0.2, 0) is 4.74 Å². The first-order chi connectivity index (χ1) is 11.5. The number of hydrogen-bond acceptors (Lipinski definition) is 4. The lowest BCUT2D eigenvalue weighted by Crippen LogP contribution is -2.34. The molecule has 0 N–H and O–H groups in total. The van der Waals surface area contributed by atoms with E-state index in [1.54, 1.807) is 13.1 Å². The number of rotatable bonds is 3. The lowest BCUT2D eigenvalue weighted by atomic mass is 10.0. The van der Waals surface area contributed by atoms with Gasteiger partial charge >= 0.3 is 5.97 Å². The van der Waals surface area contributed by atoms with Gasteiger partial charge in [-0.25, -0.2) is 4.79 Å². The number of hydrogen-bond donors (Lipinski definition) is 0. The normalized spacial score (nSPS) is 18.7. The van der Waals surface area contributed by atoms with Gasteiger partial charge in [-0.1, -0.05) is 11.6 Å². The molecule has 5 heteroatoms. The highest BCUT2D eigenvalue weighted by atomic mass is 16.5. The van der Waals surface area contributed by atoms with E-state index in [2.05, 4.69) is 16.5 Å². The van der Waals surface area contributed by atoms with E-state index < -0.39 is 5.97 Å². The van der Waals surface area contributed by atoms with Crippen molar-refractivity contribution in [2.45, 2.75) is 32.7 Å². The van der Waals surface area contributed by atoms with Crippen LogP contribution in [0, 0.1) is 6.92 Å². The Bertz CT molecular complexity index is 825. The van der Waals surface area contributed by atoms with Crippen molar-refractivity contribution < 1.29 is 9.53 Å². The molecule has 2 aromatic rings. The molecule has 1 aliphatic heterocycles. The number of nitrogens with zero attached hydrogens (tertiary/aromatic N) is 2.